The summed E-state index contributed by atoms with van der Waals surface area (Å²) in [6, 6.07) is 12.6. The minimum absolute atomic E-state index is 0.220. The number of hydrogen-bond donors (Lipinski definition) is 2. The van der Waals surface area contributed by atoms with Crippen LogP contribution in [0.5, 0.6) is 0 Å². The standard InChI is InChI=1S/C18H18Cl2N2O2/c1-12-10-15(20)6-7-16(12)22-18(24)11-17(23)21-9-8-13-2-4-14(19)5-3-13/h2-7,10H,8-9,11H2,1H3,(H,21,23)(H,22,24). The van der Waals surface area contributed by atoms with Gasteiger partial charge < -0.3 is 10.6 Å². The number of amides is 2. The second-order valence-corrected chi connectivity index (χ2v) is 6.28. The summed E-state index contributed by atoms with van der Waals surface area (Å²) in [7, 11) is 0. The molecule has 0 unspecified atom stereocenters. The van der Waals surface area contributed by atoms with E-state index in [0.717, 1.165) is 11.1 Å². The highest BCUT2D eigenvalue weighted by atomic mass is 35.5. The molecule has 4 nitrogen and oxygen atoms in total. The van der Waals surface area contributed by atoms with E-state index in [0.29, 0.717) is 28.7 Å². The Morgan fingerprint density at radius 3 is 2.29 bits per heavy atom. The average molecular weight is 365 g/mol. The molecule has 0 radical (unpaired) electrons. The third-order valence-electron chi connectivity index (χ3n) is 3.43. The molecule has 126 valence electrons. The van der Waals surface area contributed by atoms with Crippen molar-refractivity contribution in [3.05, 3.63) is 63.6 Å². The quantitative estimate of drug-likeness (QED) is 0.761. The maximum atomic E-state index is 11.9. The molecule has 0 bridgehead atoms. The van der Waals surface area contributed by atoms with Crippen molar-refractivity contribution in [3.8, 4) is 0 Å². The first-order valence-electron chi connectivity index (χ1n) is 7.51. The predicted molar refractivity (Wildman–Crippen MR) is 97.6 cm³/mol. The van der Waals surface area contributed by atoms with Crippen molar-refractivity contribution < 1.29 is 9.59 Å². The molecule has 0 fully saturated rings. The third kappa shape index (κ3) is 5.87. The van der Waals surface area contributed by atoms with Crippen LogP contribution in [-0.2, 0) is 16.0 Å². The Morgan fingerprint density at radius 1 is 0.958 bits per heavy atom. The van der Waals surface area contributed by atoms with Gasteiger partial charge in [0, 0.05) is 22.3 Å². The van der Waals surface area contributed by atoms with Crippen LogP contribution in [-0.4, -0.2) is 18.4 Å². The van der Waals surface area contributed by atoms with Crippen molar-refractivity contribution in [1.29, 1.82) is 0 Å². The summed E-state index contributed by atoms with van der Waals surface area (Å²) in [5.41, 5.74) is 2.57. The topological polar surface area (TPSA) is 58.2 Å². The van der Waals surface area contributed by atoms with Crippen molar-refractivity contribution >= 4 is 40.7 Å². The lowest BCUT2D eigenvalue weighted by Gasteiger charge is -2.09. The molecule has 24 heavy (non-hydrogen) atoms. The van der Waals surface area contributed by atoms with E-state index in [9.17, 15) is 9.59 Å². The zero-order valence-corrected chi connectivity index (χ0v) is 14.7. The lowest BCUT2D eigenvalue weighted by Crippen LogP contribution is -2.29. The van der Waals surface area contributed by atoms with Gasteiger partial charge in [-0.3, -0.25) is 9.59 Å². The Kier molecular flexibility index (Phi) is 6.64. The molecule has 6 heteroatoms. The van der Waals surface area contributed by atoms with E-state index in [1.807, 2.05) is 19.1 Å². The molecule has 2 aromatic carbocycles. The molecule has 2 aromatic rings. The summed E-state index contributed by atoms with van der Waals surface area (Å²) in [4.78, 5) is 23.7. The number of hydrogen-bond acceptors (Lipinski definition) is 2. The molecule has 2 rings (SSSR count). The second kappa shape index (κ2) is 8.71. The third-order valence-corrected chi connectivity index (χ3v) is 3.92. The molecule has 0 saturated heterocycles. The minimum Gasteiger partial charge on any atom is -0.355 e. The normalized spacial score (nSPS) is 10.3. The summed E-state index contributed by atoms with van der Waals surface area (Å²) in [5, 5.41) is 6.72. The summed E-state index contributed by atoms with van der Waals surface area (Å²) in [6.07, 6.45) is 0.462. The van der Waals surface area contributed by atoms with E-state index in [1.165, 1.54) is 0 Å². The molecule has 0 aliphatic heterocycles. The van der Waals surface area contributed by atoms with Crippen LogP contribution >= 0.6 is 23.2 Å². The van der Waals surface area contributed by atoms with E-state index >= 15 is 0 Å². The van der Waals surface area contributed by atoms with Crippen LogP contribution in [0.3, 0.4) is 0 Å². The van der Waals surface area contributed by atoms with Gasteiger partial charge in [0.25, 0.3) is 0 Å². The van der Waals surface area contributed by atoms with Gasteiger partial charge in [-0.05, 0) is 54.8 Å². The summed E-state index contributed by atoms with van der Waals surface area (Å²) in [5.74, 6) is -0.669. The number of nitrogens with one attached hydrogen (secondary N) is 2. The number of anilines is 1. The number of rotatable bonds is 6. The van der Waals surface area contributed by atoms with E-state index < -0.39 is 0 Å². The number of halogens is 2. The lowest BCUT2D eigenvalue weighted by atomic mass is 10.1. The first-order chi connectivity index (χ1) is 11.4. The molecule has 0 spiro atoms. The molecule has 0 saturated carbocycles. The van der Waals surface area contributed by atoms with Crippen LogP contribution < -0.4 is 10.6 Å². The maximum Gasteiger partial charge on any atom is 0.233 e. The SMILES string of the molecule is Cc1cc(Cl)ccc1NC(=O)CC(=O)NCCc1ccc(Cl)cc1. The largest absolute Gasteiger partial charge is 0.355 e. The first kappa shape index (κ1) is 18.3. The van der Waals surface area contributed by atoms with Crippen LogP contribution in [0.4, 0.5) is 5.69 Å². The molecule has 0 atom stereocenters. The minimum atomic E-state index is -0.357. The highest BCUT2D eigenvalue weighted by Crippen LogP contribution is 2.19. The Balaban J connectivity index is 1.75. The van der Waals surface area contributed by atoms with Gasteiger partial charge >= 0.3 is 0 Å². The van der Waals surface area contributed by atoms with Crippen molar-refractivity contribution in [2.24, 2.45) is 0 Å². The van der Waals surface area contributed by atoms with Gasteiger partial charge in [-0.25, -0.2) is 0 Å². The van der Waals surface area contributed by atoms with Gasteiger partial charge in [0.1, 0.15) is 6.42 Å². The predicted octanol–water partition coefficient (Wildman–Crippen LogP) is 3.99. The Morgan fingerprint density at radius 2 is 1.62 bits per heavy atom. The Hall–Kier alpha value is -2.04. The zero-order chi connectivity index (χ0) is 17.5. The zero-order valence-electron chi connectivity index (χ0n) is 13.2. The van der Waals surface area contributed by atoms with Crippen molar-refractivity contribution in [2.75, 3.05) is 11.9 Å². The van der Waals surface area contributed by atoms with Crippen LogP contribution in [0.2, 0.25) is 10.0 Å². The molecule has 2 amide bonds. The monoisotopic (exact) mass is 364 g/mol. The highest BCUT2D eigenvalue weighted by molar-refractivity contribution is 6.31. The summed E-state index contributed by atoms with van der Waals surface area (Å²) >= 11 is 11.7. The van der Waals surface area contributed by atoms with Crippen LogP contribution in [0.15, 0.2) is 42.5 Å². The van der Waals surface area contributed by atoms with Crippen molar-refractivity contribution in [1.82, 2.24) is 5.32 Å². The van der Waals surface area contributed by atoms with Crippen LogP contribution in [0.1, 0.15) is 17.5 Å². The first-order valence-corrected chi connectivity index (χ1v) is 8.27. The number of benzene rings is 2. The van der Waals surface area contributed by atoms with E-state index in [2.05, 4.69) is 10.6 Å². The molecule has 0 aliphatic carbocycles. The summed E-state index contributed by atoms with van der Waals surface area (Å²) < 4.78 is 0. The molecule has 0 heterocycles. The van der Waals surface area contributed by atoms with E-state index in [-0.39, 0.29) is 18.2 Å². The number of carbonyl (C=O) groups is 2. The molecule has 2 N–H and O–H groups in total. The van der Waals surface area contributed by atoms with Gasteiger partial charge in [-0.15, -0.1) is 0 Å². The molecular weight excluding hydrogens is 347 g/mol. The fourth-order valence-electron chi connectivity index (χ4n) is 2.17. The Bertz CT molecular complexity index is 730. The van der Waals surface area contributed by atoms with E-state index in [1.54, 1.807) is 30.3 Å². The van der Waals surface area contributed by atoms with Gasteiger partial charge in [0.15, 0.2) is 0 Å². The van der Waals surface area contributed by atoms with Gasteiger partial charge in [0.2, 0.25) is 11.8 Å². The summed E-state index contributed by atoms with van der Waals surface area (Å²) in [6.45, 7) is 2.31. The highest BCUT2D eigenvalue weighted by Gasteiger charge is 2.10. The number of carbonyl (C=O) groups excluding carboxylic acids is 2. The fourth-order valence-corrected chi connectivity index (χ4v) is 2.52. The molecule has 0 aromatic heterocycles. The number of aryl methyl sites for hydroxylation is 1. The van der Waals surface area contributed by atoms with Crippen molar-refractivity contribution in [2.45, 2.75) is 19.8 Å². The molecular formula is C18H18Cl2N2O2. The lowest BCUT2D eigenvalue weighted by molar-refractivity contribution is -0.126. The van der Waals surface area contributed by atoms with Crippen LogP contribution in [0.25, 0.3) is 0 Å². The van der Waals surface area contributed by atoms with Gasteiger partial charge in [-0.2, -0.15) is 0 Å². The second-order valence-electron chi connectivity index (χ2n) is 5.41. The fraction of sp³-hybridized carbons (Fsp3) is 0.222. The maximum absolute atomic E-state index is 11.9. The Labute approximate surface area is 151 Å². The van der Waals surface area contributed by atoms with Gasteiger partial charge in [0.05, 0.1) is 0 Å². The van der Waals surface area contributed by atoms with Crippen LogP contribution in [0, 0.1) is 6.92 Å². The van der Waals surface area contributed by atoms with Crippen molar-refractivity contribution in [3.63, 3.8) is 0 Å². The van der Waals surface area contributed by atoms with Gasteiger partial charge in [-0.1, -0.05) is 35.3 Å². The molecule has 0 aliphatic rings. The smallest absolute Gasteiger partial charge is 0.233 e. The van der Waals surface area contributed by atoms with E-state index in [4.69, 9.17) is 23.2 Å². The average Bonchev–Trinajstić information content (AvgIpc) is 2.52.